The molecule has 0 radical (unpaired) electrons. The number of benzene rings is 1. The number of carbonyl (C=O) groups excluding carboxylic acids is 1. The molecule has 1 N–H and O–H groups in total. The smallest absolute Gasteiger partial charge is 0.273 e. The lowest BCUT2D eigenvalue weighted by molar-refractivity contribution is -0.110. The second kappa shape index (κ2) is 7.72. The maximum Gasteiger partial charge on any atom is 0.273 e. The molecular weight excluding hydrogens is 352 g/mol. The molecule has 3 heterocycles. The molecule has 28 heavy (non-hydrogen) atoms. The molecule has 1 aromatic carbocycles. The number of amides is 1. The quantitative estimate of drug-likeness (QED) is 0.864. The summed E-state index contributed by atoms with van der Waals surface area (Å²) in [5.41, 5.74) is 3.40. The van der Waals surface area contributed by atoms with E-state index in [2.05, 4.69) is 58.5 Å². The Morgan fingerprint density at radius 2 is 2.11 bits per heavy atom. The molecule has 146 valence electrons. The van der Waals surface area contributed by atoms with Crippen LogP contribution in [0.25, 0.3) is 0 Å². The molecule has 2 aliphatic heterocycles. The van der Waals surface area contributed by atoms with Gasteiger partial charge in [-0.1, -0.05) is 43.3 Å². The van der Waals surface area contributed by atoms with Crippen LogP contribution in [0.2, 0.25) is 0 Å². The Hall–Kier alpha value is -2.73. The molecule has 1 saturated heterocycles. The molecule has 4 rings (SSSR count). The average molecular weight is 378 g/mol. The largest absolute Gasteiger partial charge is 0.387 e. The molecule has 2 aliphatic rings. The topological polar surface area (TPSA) is 66.8 Å². The maximum absolute atomic E-state index is 12.5. The van der Waals surface area contributed by atoms with Crippen LogP contribution in [0.3, 0.4) is 0 Å². The molecule has 1 spiro atoms. The first kappa shape index (κ1) is 18.6. The number of pyridine rings is 1. The molecule has 1 atom stereocenters. The Labute approximate surface area is 165 Å². The SMILES string of the molecule is CC(C)c1ccc(CN2CC[C@]3(CC(C(=O)Nc4cccnc4)=NO3)C2)cc1. The lowest BCUT2D eigenvalue weighted by Gasteiger charge is -2.22. The third-order valence-electron chi connectivity index (χ3n) is 5.47. The van der Waals surface area contributed by atoms with Crippen molar-refractivity contribution >= 4 is 17.3 Å². The van der Waals surface area contributed by atoms with E-state index in [0.717, 1.165) is 26.1 Å². The van der Waals surface area contributed by atoms with E-state index >= 15 is 0 Å². The summed E-state index contributed by atoms with van der Waals surface area (Å²) in [7, 11) is 0. The maximum atomic E-state index is 12.5. The number of oxime groups is 1. The summed E-state index contributed by atoms with van der Waals surface area (Å²) in [6.45, 7) is 7.03. The van der Waals surface area contributed by atoms with Crippen molar-refractivity contribution in [2.45, 2.75) is 44.8 Å². The summed E-state index contributed by atoms with van der Waals surface area (Å²) < 4.78 is 0. The second-order valence-electron chi connectivity index (χ2n) is 8.04. The highest BCUT2D eigenvalue weighted by molar-refractivity contribution is 6.43. The van der Waals surface area contributed by atoms with E-state index in [9.17, 15) is 4.79 Å². The first-order valence-electron chi connectivity index (χ1n) is 9.81. The minimum atomic E-state index is -0.376. The van der Waals surface area contributed by atoms with Crippen molar-refractivity contribution < 1.29 is 9.63 Å². The van der Waals surface area contributed by atoms with Crippen molar-refractivity contribution in [2.75, 3.05) is 18.4 Å². The number of anilines is 1. The summed E-state index contributed by atoms with van der Waals surface area (Å²) in [6, 6.07) is 12.4. The molecule has 6 heteroatoms. The van der Waals surface area contributed by atoms with Crippen LogP contribution < -0.4 is 5.32 Å². The summed E-state index contributed by atoms with van der Waals surface area (Å²) in [5.74, 6) is 0.331. The number of rotatable bonds is 5. The number of hydrogen-bond acceptors (Lipinski definition) is 5. The summed E-state index contributed by atoms with van der Waals surface area (Å²) in [6.07, 6.45) is 4.71. The van der Waals surface area contributed by atoms with E-state index in [4.69, 9.17) is 4.84 Å². The number of nitrogens with one attached hydrogen (secondary N) is 1. The zero-order valence-electron chi connectivity index (χ0n) is 16.4. The number of hydrogen-bond donors (Lipinski definition) is 1. The highest BCUT2D eigenvalue weighted by Crippen LogP contribution is 2.34. The molecular formula is C22H26N4O2. The fourth-order valence-electron chi connectivity index (χ4n) is 3.83. The van der Waals surface area contributed by atoms with Crippen molar-refractivity contribution in [3.8, 4) is 0 Å². The lowest BCUT2D eigenvalue weighted by atomic mass is 9.96. The van der Waals surface area contributed by atoms with Crippen molar-refractivity contribution in [3.63, 3.8) is 0 Å². The van der Waals surface area contributed by atoms with Gasteiger partial charge in [0, 0.05) is 38.7 Å². The minimum absolute atomic E-state index is 0.215. The van der Waals surface area contributed by atoms with Gasteiger partial charge in [0.1, 0.15) is 5.71 Å². The van der Waals surface area contributed by atoms with Crippen LogP contribution in [0.5, 0.6) is 0 Å². The van der Waals surface area contributed by atoms with Crippen LogP contribution in [0, 0.1) is 0 Å². The highest BCUT2D eigenvalue weighted by Gasteiger charge is 2.46. The van der Waals surface area contributed by atoms with Gasteiger partial charge in [-0.3, -0.25) is 14.7 Å². The van der Waals surface area contributed by atoms with Crippen LogP contribution in [0.1, 0.15) is 43.7 Å². The summed E-state index contributed by atoms with van der Waals surface area (Å²) in [5, 5.41) is 6.93. The Balaban J connectivity index is 1.32. The van der Waals surface area contributed by atoms with Crippen molar-refractivity contribution in [3.05, 3.63) is 59.9 Å². The van der Waals surface area contributed by atoms with Gasteiger partial charge in [-0.2, -0.15) is 0 Å². The van der Waals surface area contributed by atoms with E-state index < -0.39 is 0 Å². The zero-order chi connectivity index (χ0) is 19.6. The first-order valence-corrected chi connectivity index (χ1v) is 9.81. The van der Waals surface area contributed by atoms with E-state index in [1.165, 1.54) is 11.1 Å². The van der Waals surface area contributed by atoms with E-state index in [0.29, 0.717) is 23.7 Å². The van der Waals surface area contributed by atoms with Gasteiger partial charge in [-0.25, -0.2) is 0 Å². The van der Waals surface area contributed by atoms with Crippen LogP contribution in [-0.4, -0.2) is 40.2 Å². The Morgan fingerprint density at radius 1 is 1.29 bits per heavy atom. The van der Waals surface area contributed by atoms with Gasteiger partial charge >= 0.3 is 0 Å². The molecule has 1 fully saturated rings. The van der Waals surface area contributed by atoms with Crippen LogP contribution in [0.15, 0.2) is 53.9 Å². The van der Waals surface area contributed by atoms with Gasteiger partial charge < -0.3 is 10.2 Å². The van der Waals surface area contributed by atoms with E-state index in [1.54, 1.807) is 24.5 Å². The van der Waals surface area contributed by atoms with Crippen LogP contribution in [-0.2, 0) is 16.2 Å². The Kier molecular flexibility index (Phi) is 5.13. The van der Waals surface area contributed by atoms with Crippen LogP contribution >= 0.6 is 0 Å². The van der Waals surface area contributed by atoms with Crippen molar-refractivity contribution in [1.82, 2.24) is 9.88 Å². The predicted octanol–water partition coefficient (Wildman–Crippen LogP) is 3.56. The van der Waals surface area contributed by atoms with Crippen LogP contribution in [0.4, 0.5) is 5.69 Å². The molecule has 0 saturated carbocycles. The molecule has 0 unspecified atom stereocenters. The predicted molar refractivity (Wildman–Crippen MR) is 109 cm³/mol. The number of aromatic nitrogens is 1. The average Bonchev–Trinajstić information content (AvgIpc) is 3.30. The molecule has 6 nitrogen and oxygen atoms in total. The fraction of sp³-hybridized carbons (Fsp3) is 0.409. The third-order valence-corrected chi connectivity index (χ3v) is 5.47. The number of nitrogens with zero attached hydrogens (tertiary/aromatic N) is 3. The summed E-state index contributed by atoms with van der Waals surface area (Å²) >= 11 is 0. The zero-order valence-corrected chi connectivity index (χ0v) is 16.4. The highest BCUT2D eigenvalue weighted by atomic mass is 16.7. The standard InChI is InChI=1S/C22H26N4O2/c1-16(2)18-7-5-17(6-8-18)14-26-11-9-22(15-26)12-20(25-28-22)21(27)24-19-4-3-10-23-13-19/h3-8,10,13,16H,9,11-12,14-15H2,1-2H3,(H,24,27)/t22-/m0/s1. The normalized spacial score (nSPS) is 21.8. The van der Waals surface area contributed by atoms with Gasteiger partial charge in [0.2, 0.25) is 0 Å². The Morgan fingerprint density at radius 3 is 2.82 bits per heavy atom. The van der Waals surface area contributed by atoms with Gasteiger partial charge in [0.25, 0.3) is 5.91 Å². The number of carbonyl (C=O) groups is 1. The van der Waals surface area contributed by atoms with Crippen molar-refractivity contribution in [1.29, 1.82) is 0 Å². The third kappa shape index (κ3) is 4.07. The van der Waals surface area contributed by atoms with Gasteiger partial charge in [0.05, 0.1) is 11.9 Å². The fourth-order valence-corrected chi connectivity index (χ4v) is 3.83. The molecule has 1 aromatic heterocycles. The molecule has 0 bridgehead atoms. The monoisotopic (exact) mass is 378 g/mol. The summed E-state index contributed by atoms with van der Waals surface area (Å²) in [4.78, 5) is 24.6. The molecule has 2 aromatic rings. The number of likely N-dealkylation sites (tertiary alicyclic amines) is 1. The van der Waals surface area contributed by atoms with E-state index in [-0.39, 0.29) is 11.5 Å². The van der Waals surface area contributed by atoms with Gasteiger partial charge in [-0.15, -0.1) is 0 Å². The molecule has 1 amide bonds. The minimum Gasteiger partial charge on any atom is -0.387 e. The second-order valence-corrected chi connectivity index (χ2v) is 8.04. The van der Waals surface area contributed by atoms with Gasteiger partial charge in [-0.05, 0) is 29.2 Å². The Bertz CT molecular complexity index is 864. The van der Waals surface area contributed by atoms with E-state index in [1.807, 2.05) is 0 Å². The van der Waals surface area contributed by atoms with Crippen molar-refractivity contribution in [2.24, 2.45) is 5.16 Å². The lowest BCUT2D eigenvalue weighted by Crippen LogP contribution is -2.35. The first-order chi connectivity index (χ1) is 13.5. The molecule has 0 aliphatic carbocycles. The van der Waals surface area contributed by atoms with Gasteiger partial charge in [0.15, 0.2) is 5.60 Å².